The van der Waals surface area contributed by atoms with Gasteiger partial charge in [-0.3, -0.25) is 9.59 Å². The highest BCUT2D eigenvalue weighted by Gasteiger charge is 2.34. The number of rotatable bonds is 7. The van der Waals surface area contributed by atoms with Gasteiger partial charge in [0.1, 0.15) is 11.2 Å². The number of carbonyl (C=O) groups excluding carboxylic acids is 2. The number of pyridine rings is 1. The molecule has 2 amide bonds. The average molecular weight is 591 g/mol. The Hall–Kier alpha value is -5.14. The van der Waals surface area contributed by atoms with E-state index in [1.54, 1.807) is 23.1 Å². The van der Waals surface area contributed by atoms with E-state index in [2.05, 4.69) is 30.7 Å². The normalized spacial score (nSPS) is 14.8. The number of likely N-dealkylation sites (tertiary alicyclic amines) is 1. The Balaban J connectivity index is 1.20. The number of amides is 2. The monoisotopic (exact) mass is 590 g/mol. The summed E-state index contributed by atoms with van der Waals surface area (Å²) in [4.78, 5) is 35.1. The van der Waals surface area contributed by atoms with Crippen LogP contribution in [0, 0.1) is 11.7 Å². The minimum absolute atomic E-state index is 0.0251. The third-order valence-corrected chi connectivity index (χ3v) is 7.37. The second-order valence-corrected chi connectivity index (χ2v) is 10.2. The van der Waals surface area contributed by atoms with Crippen molar-refractivity contribution in [2.75, 3.05) is 18.4 Å². The summed E-state index contributed by atoms with van der Waals surface area (Å²) in [5.41, 5.74) is 2.17. The number of nitrogens with one attached hydrogen (secondary N) is 1. The minimum Gasteiger partial charge on any atom is -0.436 e. The molecule has 1 atom stereocenters. The first-order chi connectivity index (χ1) is 20.8. The fourth-order valence-corrected chi connectivity index (χ4v) is 5.38. The molecule has 5 aromatic rings. The first kappa shape index (κ1) is 28.0. The molecule has 3 aromatic heterocycles. The van der Waals surface area contributed by atoms with Gasteiger partial charge in [-0.1, -0.05) is 35.1 Å². The molecule has 4 heterocycles. The number of oxazole rings is 1. The minimum atomic E-state index is -2.90. The third kappa shape index (κ3) is 5.80. The zero-order valence-electron chi connectivity index (χ0n) is 22.8. The number of fused-ring (bicyclic) bond motifs is 1. The molecule has 0 spiro atoms. The van der Waals surface area contributed by atoms with Crippen molar-refractivity contribution in [3.05, 3.63) is 83.7 Å². The second kappa shape index (κ2) is 11.6. The van der Waals surface area contributed by atoms with Crippen LogP contribution in [0.3, 0.4) is 0 Å². The largest absolute Gasteiger partial charge is 0.436 e. The van der Waals surface area contributed by atoms with Gasteiger partial charge in [-0.15, -0.1) is 10.2 Å². The predicted molar refractivity (Wildman–Crippen MR) is 147 cm³/mol. The first-order valence-electron chi connectivity index (χ1n) is 13.5. The van der Waals surface area contributed by atoms with E-state index in [0.717, 1.165) is 11.8 Å². The quantitative estimate of drug-likeness (QED) is 0.279. The summed E-state index contributed by atoms with van der Waals surface area (Å²) < 4.78 is 46.9. The van der Waals surface area contributed by atoms with E-state index in [4.69, 9.17) is 4.42 Å². The van der Waals surface area contributed by atoms with Crippen molar-refractivity contribution >= 4 is 28.6 Å². The van der Waals surface area contributed by atoms with E-state index in [9.17, 15) is 22.8 Å². The summed E-state index contributed by atoms with van der Waals surface area (Å²) >= 11 is 0. The SMILES string of the molecule is CC(=O)Nc1ccc2oc(-c3cc(C(=O)N4CCC(C(c5ccccc5)c5nnn(C(F)F)n5)CC4)ncc3F)nc2c1. The molecule has 0 aliphatic carbocycles. The first-order valence-corrected chi connectivity index (χ1v) is 13.5. The Morgan fingerprint density at radius 3 is 2.53 bits per heavy atom. The van der Waals surface area contributed by atoms with E-state index in [0.29, 0.717) is 47.5 Å². The van der Waals surface area contributed by atoms with Gasteiger partial charge >= 0.3 is 6.55 Å². The van der Waals surface area contributed by atoms with Crippen LogP contribution in [0.25, 0.3) is 22.6 Å². The Kier molecular flexibility index (Phi) is 7.57. The van der Waals surface area contributed by atoms with Crippen molar-refractivity contribution < 1.29 is 27.2 Å². The lowest BCUT2D eigenvalue weighted by atomic mass is 9.79. The van der Waals surface area contributed by atoms with Gasteiger partial charge in [0.25, 0.3) is 5.91 Å². The number of benzene rings is 2. The molecule has 1 saturated heterocycles. The molecule has 1 aliphatic rings. The van der Waals surface area contributed by atoms with Crippen LogP contribution in [0.5, 0.6) is 0 Å². The van der Waals surface area contributed by atoms with E-state index in [1.165, 1.54) is 13.0 Å². The van der Waals surface area contributed by atoms with Crippen molar-refractivity contribution in [1.29, 1.82) is 0 Å². The molecule has 6 rings (SSSR count). The number of hydrogen-bond donors (Lipinski definition) is 1. The summed E-state index contributed by atoms with van der Waals surface area (Å²) in [5.74, 6) is -1.60. The highest BCUT2D eigenvalue weighted by atomic mass is 19.3. The number of alkyl halides is 2. The molecule has 11 nitrogen and oxygen atoms in total. The van der Waals surface area contributed by atoms with Gasteiger partial charge < -0.3 is 14.6 Å². The molecule has 0 saturated carbocycles. The summed E-state index contributed by atoms with van der Waals surface area (Å²) in [6, 6.07) is 15.5. The Morgan fingerprint density at radius 1 is 1.07 bits per heavy atom. The number of nitrogens with zero attached hydrogens (tertiary/aromatic N) is 7. The van der Waals surface area contributed by atoms with Crippen LogP contribution < -0.4 is 5.32 Å². The van der Waals surface area contributed by atoms with E-state index in [-0.39, 0.29) is 46.6 Å². The van der Waals surface area contributed by atoms with Crippen LogP contribution in [0.4, 0.5) is 18.9 Å². The Morgan fingerprint density at radius 2 is 1.84 bits per heavy atom. The van der Waals surface area contributed by atoms with Crippen molar-refractivity contribution in [1.82, 2.24) is 35.1 Å². The summed E-state index contributed by atoms with van der Waals surface area (Å²) in [7, 11) is 0. The maximum atomic E-state index is 14.8. The van der Waals surface area contributed by atoms with Crippen LogP contribution >= 0.6 is 0 Å². The van der Waals surface area contributed by atoms with Crippen molar-refractivity contribution in [2.45, 2.75) is 32.2 Å². The van der Waals surface area contributed by atoms with Crippen LogP contribution in [0.15, 0.2) is 65.2 Å². The predicted octanol–water partition coefficient (Wildman–Crippen LogP) is 5.05. The average Bonchev–Trinajstić information content (AvgIpc) is 3.66. The highest BCUT2D eigenvalue weighted by Crippen LogP contribution is 2.37. The van der Waals surface area contributed by atoms with E-state index < -0.39 is 12.4 Å². The van der Waals surface area contributed by atoms with Gasteiger partial charge in [-0.25, -0.2) is 14.4 Å². The highest BCUT2D eigenvalue weighted by molar-refractivity contribution is 5.94. The number of tetrazole rings is 1. The zero-order chi connectivity index (χ0) is 30.1. The van der Waals surface area contributed by atoms with Crippen LogP contribution in [-0.4, -0.2) is 60.0 Å². The van der Waals surface area contributed by atoms with Crippen molar-refractivity contribution in [2.24, 2.45) is 5.92 Å². The molecule has 0 radical (unpaired) electrons. The van der Waals surface area contributed by atoms with Crippen molar-refractivity contribution in [3.63, 3.8) is 0 Å². The van der Waals surface area contributed by atoms with Crippen LogP contribution in [-0.2, 0) is 4.79 Å². The standard InChI is InChI=1S/C29H25F3N8O3/c1-16(41)34-19-7-8-24-22(13-19)35-27(43-24)20-14-23(33-15-21(20)30)28(42)39-11-9-18(10-12-39)25(17-5-3-2-4-6-17)26-36-38-40(37-26)29(31)32/h2-8,13-15,18,25,29H,9-12H2,1H3,(H,34,41). The molecule has 43 heavy (non-hydrogen) atoms. The fraction of sp³-hybridized carbons (Fsp3) is 0.276. The topological polar surface area (TPSA) is 132 Å². The van der Waals surface area contributed by atoms with Crippen molar-refractivity contribution in [3.8, 4) is 11.5 Å². The molecule has 0 bridgehead atoms. The molecule has 1 unspecified atom stereocenters. The number of hydrogen-bond acceptors (Lipinski definition) is 8. The number of halogens is 3. The molecule has 1 fully saturated rings. The van der Waals surface area contributed by atoms with Gasteiger partial charge in [-0.2, -0.15) is 8.78 Å². The number of anilines is 1. The fourth-order valence-electron chi connectivity index (χ4n) is 5.38. The maximum Gasteiger partial charge on any atom is 0.350 e. The molecular formula is C29H25F3N8O3. The number of aromatic nitrogens is 6. The molecule has 1 N–H and O–H groups in total. The lowest BCUT2D eigenvalue weighted by molar-refractivity contribution is -0.114. The van der Waals surface area contributed by atoms with E-state index >= 15 is 0 Å². The van der Waals surface area contributed by atoms with Crippen LogP contribution in [0.2, 0.25) is 0 Å². The molecule has 1 aliphatic heterocycles. The van der Waals surface area contributed by atoms with Gasteiger partial charge in [0.05, 0.1) is 17.7 Å². The lowest BCUT2D eigenvalue weighted by Gasteiger charge is -2.35. The second-order valence-electron chi connectivity index (χ2n) is 10.2. The summed E-state index contributed by atoms with van der Waals surface area (Å²) in [6.45, 7) is -0.799. The molecule has 2 aromatic carbocycles. The third-order valence-electron chi connectivity index (χ3n) is 7.37. The zero-order valence-corrected chi connectivity index (χ0v) is 22.8. The molecular weight excluding hydrogens is 565 g/mol. The molecule has 220 valence electrons. The number of carbonyl (C=O) groups is 2. The van der Waals surface area contributed by atoms with Gasteiger partial charge in [0, 0.05) is 25.7 Å². The van der Waals surface area contributed by atoms with Gasteiger partial charge in [0.2, 0.25) is 11.8 Å². The summed E-state index contributed by atoms with van der Waals surface area (Å²) in [5, 5.41) is 14.0. The smallest absolute Gasteiger partial charge is 0.350 e. The maximum absolute atomic E-state index is 14.8. The number of piperidine rings is 1. The Labute approximate surface area is 242 Å². The summed E-state index contributed by atoms with van der Waals surface area (Å²) in [6.07, 6.45) is 2.05. The Bertz CT molecular complexity index is 1780. The van der Waals surface area contributed by atoms with E-state index in [1.807, 2.05) is 30.3 Å². The van der Waals surface area contributed by atoms with Gasteiger partial charge in [-0.05, 0) is 53.8 Å². The van der Waals surface area contributed by atoms with Crippen LogP contribution in [0.1, 0.15) is 54.1 Å². The van der Waals surface area contributed by atoms with Gasteiger partial charge in [0.15, 0.2) is 17.2 Å². The lowest BCUT2D eigenvalue weighted by Crippen LogP contribution is -2.40. The molecule has 14 heteroatoms.